The highest BCUT2D eigenvalue weighted by Crippen LogP contribution is 2.38. The first-order valence-electron chi connectivity index (χ1n) is 11.2. The maximum atomic E-state index is 12.7. The molecule has 0 radical (unpaired) electrons. The fourth-order valence-electron chi connectivity index (χ4n) is 4.20. The van der Waals surface area contributed by atoms with Crippen molar-refractivity contribution in [1.29, 1.82) is 0 Å². The molecule has 0 aliphatic carbocycles. The smallest absolute Gasteiger partial charge is 0.250 e. The van der Waals surface area contributed by atoms with Gasteiger partial charge < -0.3 is 10.1 Å². The number of fused-ring (bicyclic) bond motifs is 1. The van der Waals surface area contributed by atoms with Crippen molar-refractivity contribution in [2.45, 2.75) is 24.9 Å². The van der Waals surface area contributed by atoms with Crippen LogP contribution in [0.3, 0.4) is 0 Å². The first-order valence-corrected chi connectivity index (χ1v) is 11.9. The van der Waals surface area contributed by atoms with E-state index in [0.717, 1.165) is 28.9 Å². The molecule has 3 aromatic carbocycles. The molecule has 5 rings (SSSR count). The number of anilines is 2. The van der Waals surface area contributed by atoms with Gasteiger partial charge in [-0.05, 0) is 59.5 Å². The number of nitrogens with one attached hydrogen (secondary N) is 2. The largest absolute Gasteiger partial charge is 0.497 e. The maximum absolute atomic E-state index is 12.7. The summed E-state index contributed by atoms with van der Waals surface area (Å²) in [5.74, 6) is 1.38. The summed E-state index contributed by atoms with van der Waals surface area (Å²) in [6.45, 7) is 0. The molecular weight excluding hydrogens is 485 g/mol. The van der Waals surface area contributed by atoms with Crippen LogP contribution in [-0.4, -0.2) is 27.8 Å². The molecule has 0 unspecified atom stereocenters. The average Bonchev–Trinajstić information content (AvgIpc) is 3.27. The highest BCUT2D eigenvalue weighted by molar-refractivity contribution is 6.30. The minimum atomic E-state index is -0.199. The van der Waals surface area contributed by atoms with Crippen LogP contribution in [0, 0.1) is 0 Å². The Labute approximate surface area is 213 Å². The number of rotatable bonds is 6. The standard InChI is InChI=1S/C26H23Cl2N5O2/c1-35-21-12-2-16(3-13-21)14-24(34)30-25-31-26-29-22(17-4-8-19(27)9-5-17)15-23(33(26)32-25)18-6-10-20(28)11-7-18/h2-13,22-23H,14-15H2,1H3,(H2,29,30,31,32,34)/t22-,23+/m0/s1. The van der Waals surface area contributed by atoms with Crippen molar-refractivity contribution in [3.8, 4) is 5.75 Å². The lowest BCUT2D eigenvalue weighted by molar-refractivity contribution is -0.115. The van der Waals surface area contributed by atoms with Crippen molar-refractivity contribution < 1.29 is 9.53 Å². The van der Waals surface area contributed by atoms with Crippen LogP contribution in [0.4, 0.5) is 11.9 Å². The van der Waals surface area contributed by atoms with Gasteiger partial charge in [0.15, 0.2) is 0 Å². The zero-order chi connectivity index (χ0) is 24.4. The van der Waals surface area contributed by atoms with Crippen LogP contribution in [0.2, 0.25) is 10.0 Å². The molecule has 0 bridgehead atoms. The summed E-state index contributed by atoms with van der Waals surface area (Å²) in [6.07, 6.45) is 0.939. The van der Waals surface area contributed by atoms with E-state index < -0.39 is 0 Å². The van der Waals surface area contributed by atoms with E-state index in [0.29, 0.717) is 16.0 Å². The van der Waals surface area contributed by atoms with Crippen molar-refractivity contribution in [2.24, 2.45) is 0 Å². The normalized spacial score (nSPS) is 16.8. The fourth-order valence-corrected chi connectivity index (χ4v) is 4.46. The molecule has 9 heteroatoms. The highest BCUT2D eigenvalue weighted by Gasteiger charge is 2.31. The van der Waals surface area contributed by atoms with Crippen LogP contribution in [0.15, 0.2) is 72.8 Å². The number of amides is 1. The minimum absolute atomic E-state index is 0.00695. The summed E-state index contributed by atoms with van der Waals surface area (Å²) in [7, 11) is 1.61. The second-order valence-corrected chi connectivity index (χ2v) is 9.20. The van der Waals surface area contributed by atoms with Crippen LogP contribution in [-0.2, 0) is 11.2 Å². The van der Waals surface area contributed by atoms with Gasteiger partial charge in [0.2, 0.25) is 11.9 Å². The lowest BCUT2D eigenvalue weighted by Crippen LogP contribution is -2.28. The van der Waals surface area contributed by atoms with Gasteiger partial charge in [-0.3, -0.25) is 10.1 Å². The lowest BCUT2D eigenvalue weighted by atomic mass is 9.93. The fraction of sp³-hybridized carbons (Fsp3) is 0.192. The van der Waals surface area contributed by atoms with Crippen LogP contribution in [0.5, 0.6) is 5.75 Å². The van der Waals surface area contributed by atoms with Gasteiger partial charge in [-0.15, -0.1) is 5.10 Å². The molecule has 0 saturated carbocycles. The third kappa shape index (κ3) is 5.26. The Kier molecular flexibility index (Phi) is 6.61. The van der Waals surface area contributed by atoms with Gasteiger partial charge in [-0.25, -0.2) is 4.68 Å². The molecule has 35 heavy (non-hydrogen) atoms. The van der Waals surface area contributed by atoms with Crippen LogP contribution in [0.25, 0.3) is 0 Å². The van der Waals surface area contributed by atoms with Crippen molar-refractivity contribution in [1.82, 2.24) is 14.8 Å². The van der Waals surface area contributed by atoms with E-state index in [4.69, 9.17) is 27.9 Å². The molecule has 0 spiro atoms. The number of hydrogen-bond acceptors (Lipinski definition) is 5. The van der Waals surface area contributed by atoms with Crippen LogP contribution in [0.1, 0.15) is 35.2 Å². The summed E-state index contributed by atoms with van der Waals surface area (Å²) in [5.41, 5.74) is 3.01. The second-order valence-electron chi connectivity index (χ2n) is 8.33. The molecule has 1 amide bonds. The number of aromatic nitrogens is 3. The van der Waals surface area contributed by atoms with Crippen LogP contribution >= 0.6 is 23.2 Å². The maximum Gasteiger partial charge on any atom is 0.250 e. The first kappa shape index (κ1) is 23.2. The molecular formula is C26H23Cl2N5O2. The number of halogens is 2. The molecule has 178 valence electrons. The average molecular weight is 508 g/mol. The van der Waals surface area contributed by atoms with Gasteiger partial charge in [-0.1, -0.05) is 59.6 Å². The minimum Gasteiger partial charge on any atom is -0.497 e. The number of ether oxygens (including phenoxy) is 1. The molecule has 1 aromatic heterocycles. The van der Waals surface area contributed by atoms with Gasteiger partial charge in [0.25, 0.3) is 5.95 Å². The van der Waals surface area contributed by atoms with E-state index in [-0.39, 0.29) is 30.4 Å². The Morgan fingerprint density at radius 2 is 1.63 bits per heavy atom. The Bertz CT molecular complexity index is 1320. The molecule has 4 aromatic rings. The van der Waals surface area contributed by atoms with E-state index in [1.165, 1.54) is 0 Å². The topological polar surface area (TPSA) is 81.1 Å². The number of nitrogens with zero attached hydrogens (tertiary/aromatic N) is 3. The monoisotopic (exact) mass is 507 g/mol. The summed E-state index contributed by atoms with van der Waals surface area (Å²) >= 11 is 12.2. The third-order valence-corrected chi connectivity index (χ3v) is 6.49. The zero-order valence-corrected chi connectivity index (χ0v) is 20.4. The molecule has 1 aliphatic heterocycles. The number of carbonyl (C=O) groups is 1. The summed E-state index contributed by atoms with van der Waals surface area (Å²) in [6, 6.07) is 22.7. The quantitative estimate of drug-likeness (QED) is 0.338. The Morgan fingerprint density at radius 3 is 2.26 bits per heavy atom. The number of benzene rings is 3. The van der Waals surface area contributed by atoms with Crippen molar-refractivity contribution >= 4 is 41.0 Å². The molecule has 2 N–H and O–H groups in total. The molecule has 2 atom stereocenters. The van der Waals surface area contributed by atoms with Crippen molar-refractivity contribution in [3.63, 3.8) is 0 Å². The van der Waals surface area contributed by atoms with Gasteiger partial charge in [0, 0.05) is 10.0 Å². The molecule has 7 nitrogen and oxygen atoms in total. The van der Waals surface area contributed by atoms with Gasteiger partial charge in [0.05, 0.1) is 25.6 Å². The molecule has 2 heterocycles. The predicted octanol–water partition coefficient (Wildman–Crippen LogP) is 5.92. The van der Waals surface area contributed by atoms with E-state index in [1.807, 2.05) is 77.5 Å². The molecule has 0 saturated heterocycles. The second kappa shape index (κ2) is 9.98. The summed E-state index contributed by atoms with van der Waals surface area (Å²) < 4.78 is 6.99. The van der Waals surface area contributed by atoms with E-state index in [1.54, 1.807) is 7.11 Å². The van der Waals surface area contributed by atoms with Crippen LogP contribution < -0.4 is 15.4 Å². The highest BCUT2D eigenvalue weighted by atomic mass is 35.5. The number of carbonyl (C=O) groups excluding carboxylic acids is 1. The lowest BCUT2D eigenvalue weighted by Gasteiger charge is -2.31. The Hall–Kier alpha value is -3.55. The van der Waals surface area contributed by atoms with Crippen molar-refractivity contribution in [2.75, 3.05) is 17.7 Å². The Balaban J connectivity index is 1.40. The number of methoxy groups -OCH3 is 1. The van der Waals surface area contributed by atoms with E-state index in [9.17, 15) is 4.79 Å². The molecule has 1 aliphatic rings. The summed E-state index contributed by atoms with van der Waals surface area (Å²) in [5, 5.41) is 12.3. The van der Waals surface area contributed by atoms with Gasteiger partial charge in [0.1, 0.15) is 5.75 Å². The Morgan fingerprint density at radius 1 is 1.00 bits per heavy atom. The summed E-state index contributed by atoms with van der Waals surface area (Å²) in [4.78, 5) is 17.3. The van der Waals surface area contributed by atoms with Gasteiger partial charge >= 0.3 is 0 Å². The SMILES string of the molecule is COc1ccc(CC(=O)Nc2nc3n(n2)[C@@H](c2ccc(Cl)cc2)C[C@@H](c2ccc(Cl)cc2)N3)cc1. The van der Waals surface area contributed by atoms with Gasteiger partial charge in [-0.2, -0.15) is 4.98 Å². The first-order chi connectivity index (χ1) is 17.0. The van der Waals surface area contributed by atoms with Crippen molar-refractivity contribution in [3.05, 3.63) is 99.5 Å². The molecule has 0 fully saturated rings. The van der Waals surface area contributed by atoms with E-state index in [2.05, 4.69) is 20.7 Å². The van der Waals surface area contributed by atoms with E-state index >= 15 is 0 Å². The third-order valence-electron chi connectivity index (χ3n) is 5.99. The predicted molar refractivity (Wildman–Crippen MR) is 137 cm³/mol. The zero-order valence-electron chi connectivity index (χ0n) is 18.9. The number of hydrogen-bond donors (Lipinski definition) is 2.